The van der Waals surface area contributed by atoms with Crippen molar-refractivity contribution < 1.29 is 9.59 Å². The average molecular weight is 380 g/mol. The third-order valence-corrected chi connectivity index (χ3v) is 5.27. The summed E-state index contributed by atoms with van der Waals surface area (Å²) in [5, 5.41) is 2.94. The molecular formula is C23H29N3O2. The van der Waals surface area contributed by atoms with Crippen LogP contribution in [0, 0.1) is 5.92 Å². The van der Waals surface area contributed by atoms with Gasteiger partial charge in [0.2, 0.25) is 5.91 Å². The van der Waals surface area contributed by atoms with Gasteiger partial charge in [0.1, 0.15) is 0 Å². The summed E-state index contributed by atoms with van der Waals surface area (Å²) in [7, 11) is 0. The number of nitrogens with zero attached hydrogens (tertiary/aromatic N) is 2. The van der Waals surface area contributed by atoms with Crippen LogP contribution in [0.4, 0.5) is 11.4 Å². The van der Waals surface area contributed by atoms with E-state index in [1.165, 1.54) is 0 Å². The number of nitrogens with one attached hydrogen (secondary N) is 1. The number of hydrogen-bond acceptors (Lipinski definition) is 3. The van der Waals surface area contributed by atoms with E-state index in [0.29, 0.717) is 24.3 Å². The molecule has 2 amide bonds. The van der Waals surface area contributed by atoms with E-state index < -0.39 is 0 Å². The maximum atomic E-state index is 13.0. The minimum absolute atomic E-state index is 0.0328. The van der Waals surface area contributed by atoms with Crippen molar-refractivity contribution >= 4 is 23.2 Å². The minimum Gasteiger partial charge on any atom is -0.325 e. The number of piperidine rings is 1. The first-order chi connectivity index (χ1) is 13.6. The van der Waals surface area contributed by atoms with Crippen LogP contribution >= 0.6 is 0 Å². The van der Waals surface area contributed by atoms with Crippen LogP contribution in [-0.4, -0.2) is 42.9 Å². The molecule has 1 saturated heterocycles. The first kappa shape index (κ1) is 20.1. The molecule has 1 aliphatic heterocycles. The van der Waals surface area contributed by atoms with Gasteiger partial charge in [0, 0.05) is 23.5 Å². The lowest BCUT2D eigenvalue weighted by molar-refractivity contribution is -0.117. The molecule has 1 aliphatic rings. The Labute approximate surface area is 167 Å². The Bertz CT molecular complexity index is 799. The number of hydrogen-bond donors (Lipinski definition) is 1. The van der Waals surface area contributed by atoms with Crippen LogP contribution in [0.25, 0.3) is 0 Å². The largest absolute Gasteiger partial charge is 0.325 e. The molecule has 0 spiro atoms. The Morgan fingerprint density at radius 3 is 2.46 bits per heavy atom. The Balaban J connectivity index is 1.64. The summed E-state index contributed by atoms with van der Waals surface area (Å²) in [5.41, 5.74) is 2.09. The summed E-state index contributed by atoms with van der Waals surface area (Å²) in [4.78, 5) is 29.3. The molecule has 0 bridgehead atoms. The van der Waals surface area contributed by atoms with E-state index in [9.17, 15) is 9.59 Å². The Kier molecular flexibility index (Phi) is 6.82. The van der Waals surface area contributed by atoms with Crippen molar-refractivity contribution in [2.45, 2.75) is 26.7 Å². The molecule has 0 atom stereocenters. The monoisotopic (exact) mass is 379 g/mol. The van der Waals surface area contributed by atoms with Gasteiger partial charge in [0.25, 0.3) is 5.91 Å². The molecule has 0 aromatic heterocycles. The number of rotatable bonds is 6. The van der Waals surface area contributed by atoms with Gasteiger partial charge >= 0.3 is 0 Å². The molecule has 0 aliphatic carbocycles. The fraction of sp³-hybridized carbons (Fsp3) is 0.391. The Morgan fingerprint density at radius 1 is 1.07 bits per heavy atom. The van der Waals surface area contributed by atoms with Crippen LogP contribution in [0.1, 0.15) is 37.0 Å². The zero-order valence-electron chi connectivity index (χ0n) is 16.7. The van der Waals surface area contributed by atoms with Crippen LogP contribution < -0.4 is 10.2 Å². The zero-order valence-corrected chi connectivity index (χ0v) is 16.7. The standard InChI is InChI=1S/C23H29N3O2/c1-3-26(21-10-5-4-6-11-21)23(28)19-8-7-9-20(16-19)24-22(27)17-25-14-12-18(2)13-15-25/h4-11,16,18H,3,12-15,17H2,1-2H3,(H,24,27). The highest BCUT2D eigenvalue weighted by Gasteiger charge is 2.19. The minimum atomic E-state index is -0.0742. The molecule has 1 fully saturated rings. The van der Waals surface area contributed by atoms with Crippen molar-refractivity contribution in [1.29, 1.82) is 0 Å². The number of benzene rings is 2. The van der Waals surface area contributed by atoms with Crippen LogP contribution in [-0.2, 0) is 4.79 Å². The molecule has 5 nitrogen and oxygen atoms in total. The molecule has 3 rings (SSSR count). The lowest BCUT2D eigenvalue weighted by atomic mass is 9.99. The van der Waals surface area contributed by atoms with Crippen molar-refractivity contribution in [2.75, 3.05) is 36.4 Å². The highest BCUT2D eigenvalue weighted by molar-refractivity contribution is 6.07. The van der Waals surface area contributed by atoms with Crippen LogP contribution in [0.2, 0.25) is 0 Å². The molecule has 148 valence electrons. The van der Waals surface area contributed by atoms with Gasteiger partial charge in [-0.1, -0.05) is 31.2 Å². The molecule has 0 unspecified atom stereocenters. The molecule has 0 saturated carbocycles. The van der Waals surface area contributed by atoms with Gasteiger partial charge in [-0.25, -0.2) is 0 Å². The Morgan fingerprint density at radius 2 is 1.79 bits per heavy atom. The van der Waals surface area contributed by atoms with E-state index in [2.05, 4.69) is 17.1 Å². The quantitative estimate of drug-likeness (QED) is 0.825. The predicted molar refractivity (Wildman–Crippen MR) is 114 cm³/mol. The number of carbonyl (C=O) groups excluding carboxylic acids is 2. The molecule has 1 heterocycles. The van der Waals surface area contributed by atoms with Crippen molar-refractivity contribution in [3.63, 3.8) is 0 Å². The Hall–Kier alpha value is -2.66. The summed E-state index contributed by atoms with van der Waals surface area (Å²) in [6, 6.07) is 16.8. The summed E-state index contributed by atoms with van der Waals surface area (Å²) >= 11 is 0. The number of likely N-dealkylation sites (tertiary alicyclic amines) is 1. The fourth-order valence-electron chi connectivity index (χ4n) is 3.56. The molecule has 2 aromatic carbocycles. The average Bonchev–Trinajstić information content (AvgIpc) is 2.71. The second-order valence-electron chi connectivity index (χ2n) is 7.47. The van der Waals surface area contributed by atoms with Gasteiger partial charge in [0.05, 0.1) is 6.54 Å². The third-order valence-electron chi connectivity index (χ3n) is 5.27. The summed E-state index contributed by atoms with van der Waals surface area (Å²) < 4.78 is 0. The van der Waals surface area contributed by atoms with E-state index in [4.69, 9.17) is 0 Å². The van der Waals surface area contributed by atoms with Gasteiger partial charge in [0.15, 0.2) is 0 Å². The van der Waals surface area contributed by atoms with Gasteiger partial charge in [-0.05, 0) is 69.1 Å². The second-order valence-corrected chi connectivity index (χ2v) is 7.47. The lowest BCUT2D eigenvalue weighted by Crippen LogP contribution is -2.38. The third kappa shape index (κ3) is 5.20. The molecule has 1 N–H and O–H groups in total. The number of para-hydroxylation sites is 1. The summed E-state index contributed by atoms with van der Waals surface area (Å²) in [5.74, 6) is 0.637. The fourth-order valence-corrected chi connectivity index (χ4v) is 3.56. The maximum absolute atomic E-state index is 13.0. The summed E-state index contributed by atoms with van der Waals surface area (Å²) in [6.07, 6.45) is 2.28. The van der Waals surface area contributed by atoms with Gasteiger partial charge in [-0.2, -0.15) is 0 Å². The maximum Gasteiger partial charge on any atom is 0.258 e. The molecule has 2 aromatic rings. The SMILES string of the molecule is CCN(C(=O)c1cccc(NC(=O)CN2CCC(C)CC2)c1)c1ccccc1. The predicted octanol–water partition coefficient (Wildman–Crippen LogP) is 4.02. The van der Waals surface area contributed by atoms with Gasteiger partial charge in [-0.3, -0.25) is 14.5 Å². The van der Waals surface area contributed by atoms with Crippen molar-refractivity contribution in [2.24, 2.45) is 5.92 Å². The topological polar surface area (TPSA) is 52.7 Å². The van der Waals surface area contributed by atoms with Gasteiger partial charge in [-0.15, -0.1) is 0 Å². The van der Waals surface area contributed by atoms with Crippen LogP contribution in [0.3, 0.4) is 0 Å². The van der Waals surface area contributed by atoms with E-state index in [1.54, 1.807) is 17.0 Å². The number of amides is 2. The lowest BCUT2D eigenvalue weighted by Gasteiger charge is -2.29. The number of anilines is 2. The van der Waals surface area contributed by atoms with E-state index in [-0.39, 0.29) is 11.8 Å². The van der Waals surface area contributed by atoms with Crippen molar-refractivity contribution in [1.82, 2.24) is 4.90 Å². The van der Waals surface area contributed by atoms with Crippen molar-refractivity contribution in [3.05, 3.63) is 60.2 Å². The van der Waals surface area contributed by atoms with Crippen LogP contribution in [0.15, 0.2) is 54.6 Å². The molecule has 28 heavy (non-hydrogen) atoms. The van der Waals surface area contributed by atoms with Crippen LogP contribution in [0.5, 0.6) is 0 Å². The molecule has 0 radical (unpaired) electrons. The van der Waals surface area contributed by atoms with E-state index in [1.807, 2.05) is 49.4 Å². The first-order valence-electron chi connectivity index (χ1n) is 10.1. The highest BCUT2D eigenvalue weighted by Crippen LogP contribution is 2.19. The molecular weight excluding hydrogens is 350 g/mol. The first-order valence-corrected chi connectivity index (χ1v) is 10.1. The smallest absolute Gasteiger partial charge is 0.258 e. The highest BCUT2D eigenvalue weighted by atomic mass is 16.2. The second kappa shape index (κ2) is 9.51. The van der Waals surface area contributed by atoms with Gasteiger partial charge < -0.3 is 10.2 Å². The normalized spacial score (nSPS) is 15.2. The summed E-state index contributed by atoms with van der Waals surface area (Å²) in [6.45, 7) is 7.12. The number of carbonyl (C=O) groups is 2. The molecule has 5 heteroatoms. The van der Waals surface area contributed by atoms with Crippen molar-refractivity contribution in [3.8, 4) is 0 Å². The van der Waals surface area contributed by atoms with E-state index >= 15 is 0 Å². The zero-order chi connectivity index (χ0) is 19.9. The van der Waals surface area contributed by atoms with E-state index in [0.717, 1.165) is 37.5 Å².